The van der Waals surface area contributed by atoms with Crippen LogP contribution in [0.15, 0.2) is 84.9 Å². The predicted molar refractivity (Wildman–Crippen MR) is 170 cm³/mol. The number of anilines is 2. The zero-order chi connectivity index (χ0) is 30.2. The Balaban J connectivity index is 1.10. The van der Waals surface area contributed by atoms with Crippen molar-refractivity contribution in [2.24, 2.45) is 0 Å². The quantitative estimate of drug-likeness (QED) is 0.318. The van der Waals surface area contributed by atoms with E-state index in [1.54, 1.807) is 60.7 Å². The van der Waals surface area contributed by atoms with Gasteiger partial charge in [0.2, 0.25) is 0 Å². The summed E-state index contributed by atoms with van der Waals surface area (Å²) in [5, 5.41) is 7.05. The minimum atomic E-state index is -0.116. The summed E-state index contributed by atoms with van der Waals surface area (Å²) < 4.78 is 0. The van der Waals surface area contributed by atoms with Crippen LogP contribution in [0, 0.1) is 0 Å². The molecular weight excluding hydrogens is 552 g/mol. The van der Waals surface area contributed by atoms with Crippen molar-refractivity contribution in [2.45, 2.75) is 0 Å². The number of fused-ring (bicyclic) bond motifs is 4. The van der Waals surface area contributed by atoms with Gasteiger partial charge in [0.05, 0.1) is 11.1 Å². The third-order valence-corrected chi connectivity index (χ3v) is 8.78. The average Bonchev–Trinajstić information content (AvgIpc) is 3.06. The molecule has 3 aliphatic rings. The third-order valence-electron chi connectivity index (χ3n) is 8.78. The fourth-order valence-corrected chi connectivity index (χ4v) is 6.59. The molecule has 0 aromatic heterocycles. The molecule has 44 heavy (non-hydrogen) atoms. The Morgan fingerprint density at radius 3 is 1.07 bits per heavy atom. The summed E-state index contributed by atoms with van der Waals surface area (Å²) >= 11 is 0. The van der Waals surface area contributed by atoms with Crippen LogP contribution >= 0.6 is 0 Å². The zero-order valence-electron chi connectivity index (χ0n) is 24.3. The summed E-state index contributed by atoms with van der Waals surface area (Å²) in [6.07, 6.45) is 0. The topological polar surface area (TPSA) is 98.8 Å². The van der Waals surface area contributed by atoms with Crippen molar-refractivity contribution in [3.63, 3.8) is 0 Å². The molecule has 0 amide bonds. The van der Waals surface area contributed by atoms with Gasteiger partial charge in [0.1, 0.15) is 0 Å². The van der Waals surface area contributed by atoms with Crippen molar-refractivity contribution >= 4 is 34.5 Å². The van der Waals surface area contributed by atoms with Crippen LogP contribution in [0.3, 0.4) is 0 Å². The summed E-state index contributed by atoms with van der Waals surface area (Å²) in [7, 11) is 0. The smallest absolute Gasteiger partial charge is 0.196 e. The summed E-state index contributed by atoms with van der Waals surface area (Å²) in [6.45, 7) is 5.22. The van der Waals surface area contributed by atoms with Crippen molar-refractivity contribution in [1.29, 1.82) is 0 Å². The van der Waals surface area contributed by atoms with Crippen molar-refractivity contribution < 1.29 is 19.2 Å². The highest BCUT2D eigenvalue weighted by molar-refractivity contribution is 6.31. The lowest BCUT2D eigenvalue weighted by Crippen LogP contribution is -2.44. The molecule has 0 unspecified atom stereocenters. The number of nitrogens with one attached hydrogen (secondary N) is 2. The summed E-state index contributed by atoms with van der Waals surface area (Å²) in [5.74, 6) is -0.463. The Morgan fingerprint density at radius 1 is 0.386 bits per heavy atom. The van der Waals surface area contributed by atoms with Gasteiger partial charge >= 0.3 is 0 Å². The van der Waals surface area contributed by atoms with Gasteiger partial charge in [0, 0.05) is 97.1 Å². The molecule has 4 aromatic rings. The van der Waals surface area contributed by atoms with E-state index in [9.17, 15) is 19.2 Å². The first-order valence-corrected chi connectivity index (χ1v) is 15.1. The highest BCUT2D eigenvalue weighted by Crippen LogP contribution is 2.35. The van der Waals surface area contributed by atoms with Gasteiger partial charge in [0.25, 0.3) is 0 Å². The largest absolute Gasteiger partial charge is 0.368 e. The molecule has 0 radical (unpaired) electrons. The fourth-order valence-electron chi connectivity index (χ4n) is 6.59. The highest BCUT2D eigenvalue weighted by Gasteiger charge is 2.34. The number of carbonyl (C=O) groups excluding carboxylic acids is 4. The van der Waals surface area contributed by atoms with Gasteiger partial charge < -0.3 is 20.4 Å². The Kier molecular flexibility index (Phi) is 7.37. The predicted octanol–water partition coefficient (Wildman–Crippen LogP) is 3.74. The maximum absolute atomic E-state index is 13.6. The monoisotopic (exact) mass is 584 g/mol. The highest BCUT2D eigenvalue weighted by atomic mass is 16.1. The number of hydrogen-bond donors (Lipinski definition) is 2. The Bertz CT molecular complexity index is 1690. The molecule has 220 valence electrons. The number of nitrogens with zero attached hydrogens (tertiary/aromatic N) is 2. The molecule has 1 aliphatic heterocycles. The fraction of sp³-hybridized carbons (Fsp3) is 0.222. The Morgan fingerprint density at radius 2 is 0.705 bits per heavy atom. The second kappa shape index (κ2) is 11.6. The lowest BCUT2D eigenvalue weighted by molar-refractivity contribution is 0.0979. The first-order valence-electron chi connectivity index (χ1n) is 15.1. The minimum Gasteiger partial charge on any atom is -0.368 e. The van der Waals surface area contributed by atoms with Crippen LogP contribution in [-0.2, 0) is 0 Å². The summed E-state index contributed by atoms with van der Waals surface area (Å²) in [4.78, 5) is 58.2. The molecule has 0 spiro atoms. The Hall–Kier alpha value is -4.92. The molecule has 4 aromatic carbocycles. The van der Waals surface area contributed by atoms with E-state index < -0.39 is 0 Å². The van der Waals surface area contributed by atoms with E-state index in [0.29, 0.717) is 96.9 Å². The van der Waals surface area contributed by atoms with Crippen LogP contribution in [0.5, 0.6) is 0 Å². The number of hydrogen-bond acceptors (Lipinski definition) is 8. The summed E-state index contributed by atoms with van der Waals surface area (Å²) in [6, 6.07) is 25.1. The number of benzene rings is 4. The molecular formula is C36H32N4O4. The molecule has 8 heteroatoms. The maximum atomic E-state index is 13.6. The molecule has 2 N–H and O–H groups in total. The molecule has 0 atom stereocenters. The van der Waals surface area contributed by atoms with Gasteiger partial charge in [-0.1, -0.05) is 72.8 Å². The molecule has 1 heterocycles. The van der Waals surface area contributed by atoms with Crippen LogP contribution < -0.4 is 20.4 Å². The van der Waals surface area contributed by atoms with Crippen LogP contribution in [0.2, 0.25) is 0 Å². The van der Waals surface area contributed by atoms with E-state index in [4.69, 9.17) is 0 Å². The molecule has 2 aliphatic carbocycles. The zero-order valence-corrected chi connectivity index (χ0v) is 24.3. The average molecular weight is 585 g/mol. The van der Waals surface area contributed by atoms with Crippen molar-refractivity contribution in [1.82, 2.24) is 10.6 Å². The van der Waals surface area contributed by atoms with E-state index >= 15 is 0 Å². The van der Waals surface area contributed by atoms with Crippen LogP contribution in [0.25, 0.3) is 0 Å². The Labute approximate surface area is 255 Å². The standard InChI is InChI=1S/C36H32N4O4/c41-33-23-7-1-3-9-25(23)35(43)31-27(33)11-5-13-29(31)39-19-15-37-17-21-40(22-18-38-16-20-39)30-14-6-12-28-32(30)36(44)26-10-4-2-8-24(26)34(28)42/h1-14,37-38H,15-22H2. The van der Waals surface area contributed by atoms with Crippen LogP contribution in [0.1, 0.15) is 63.7 Å². The van der Waals surface area contributed by atoms with Gasteiger partial charge in [-0.05, 0) is 12.1 Å². The van der Waals surface area contributed by atoms with Crippen molar-refractivity contribution in [3.8, 4) is 0 Å². The molecule has 1 fully saturated rings. The van der Waals surface area contributed by atoms with Gasteiger partial charge in [0.15, 0.2) is 23.1 Å². The van der Waals surface area contributed by atoms with Gasteiger partial charge in [-0.15, -0.1) is 0 Å². The van der Waals surface area contributed by atoms with E-state index in [1.807, 2.05) is 24.3 Å². The molecule has 8 nitrogen and oxygen atoms in total. The van der Waals surface area contributed by atoms with E-state index in [0.717, 1.165) is 11.4 Å². The maximum Gasteiger partial charge on any atom is 0.196 e. The second-order valence-electron chi connectivity index (χ2n) is 11.3. The molecule has 0 bridgehead atoms. The molecule has 7 rings (SSSR count). The SMILES string of the molecule is O=C1c2ccccc2C(=O)c2c1cccc2N1CCNCCN(c2cccc3c2C(=O)c2ccccc2C3=O)CCNCC1. The number of ketones is 4. The van der Waals surface area contributed by atoms with E-state index in [1.165, 1.54) is 0 Å². The third kappa shape index (κ3) is 4.72. The minimum absolute atomic E-state index is 0.115. The second-order valence-corrected chi connectivity index (χ2v) is 11.3. The van der Waals surface area contributed by atoms with E-state index in [-0.39, 0.29) is 23.1 Å². The van der Waals surface area contributed by atoms with E-state index in [2.05, 4.69) is 20.4 Å². The van der Waals surface area contributed by atoms with Crippen molar-refractivity contribution in [2.75, 3.05) is 62.2 Å². The normalized spacial score (nSPS) is 17.2. The lowest BCUT2D eigenvalue weighted by atomic mass is 9.83. The lowest BCUT2D eigenvalue weighted by Gasteiger charge is -2.32. The van der Waals surface area contributed by atoms with Gasteiger partial charge in [-0.25, -0.2) is 0 Å². The van der Waals surface area contributed by atoms with Gasteiger partial charge in [-0.3, -0.25) is 19.2 Å². The number of rotatable bonds is 2. The van der Waals surface area contributed by atoms with Crippen LogP contribution in [0.4, 0.5) is 11.4 Å². The van der Waals surface area contributed by atoms with Gasteiger partial charge in [-0.2, -0.15) is 0 Å². The van der Waals surface area contributed by atoms with Crippen LogP contribution in [-0.4, -0.2) is 75.5 Å². The first kappa shape index (κ1) is 27.9. The van der Waals surface area contributed by atoms with Crippen molar-refractivity contribution in [3.05, 3.63) is 129 Å². The summed E-state index contributed by atoms with van der Waals surface area (Å²) in [5.41, 5.74) is 5.23. The molecule has 1 saturated heterocycles. The first-order chi connectivity index (χ1) is 21.5. The molecule has 0 saturated carbocycles. The number of carbonyl (C=O) groups is 4.